The maximum Gasteiger partial charge on any atom is 0.416 e. The topological polar surface area (TPSA) is 33.1 Å². The van der Waals surface area contributed by atoms with Crippen LogP contribution in [-0.4, -0.2) is 14.7 Å². The highest BCUT2D eigenvalue weighted by Gasteiger charge is 2.42. The van der Waals surface area contributed by atoms with Crippen LogP contribution in [0, 0.1) is 0 Å². The van der Waals surface area contributed by atoms with E-state index in [0.717, 1.165) is 23.1 Å². The van der Waals surface area contributed by atoms with Crippen LogP contribution in [-0.2, 0) is 6.18 Å². The van der Waals surface area contributed by atoms with E-state index < -0.39 is 11.7 Å². The summed E-state index contributed by atoms with van der Waals surface area (Å²) in [7, 11) is 0. The number of alkyl halides is 3. The Labute approximate surface area is 213 Å². The van der Waals surface area contributed by atoms with Crippen LogP contribution >= 0.6 is 12.2 Å². The fourth-order valence-corrected chi connectivity index (χ4v) is 5.00. The average molecular weight is 507 g/mol. The maximum atomic E-state index is 13.5. The number of nitrogens with one attached hydrogen (secondary N) is 1. The van der Waals surface area contributed by atoms with Crippen LogP contribution in [0.2, 0.25) is 0 Å². The molecule has 0 radical (unpaired) electrons. The van der Waals surface area contributed by atoms with Crippen molar-refractivity contribution in [3.05, 3.63) is 114 Å². The summed E-state index contributed by atoms with van der Waals surface area (Å²) in [6.45, 7) is 4.28. The SMILES string of the molecule is CC(C)c1ccc(N2C(=S)N[C@@H](c3ccccn3)[C@H]2c2cccn2-c2cccc(C(F)(F)F)c2)cc1. The molecule has 2 aromatic heterocycles. The van der Waals surface area contributed by atoms with E-state index >= 15 is 0 Å². The molecule has 1 aliphatic rings. The fraction of sp³-hybridized carbons (Fsp3) is 0.214. The van der Waals surface area contributed by atoms with Gasteiger partial charge in [0.15, 0.2) is 5.11 Å². The number of hydrogen-bond acceptors (Lipinski definition) is 2. The number of halogens is 3. The van der Waals surface area contributed by atoms with Gasteiger partial charge in [-0.25, -0.2) is 0 Å². The van der Waals surface area contributed by atoms with E-state index in [1.165, 1.54) is 17.7 Å². The number of anilines is 1. The molecule has 0 spiro atoms. The van der Waals surface area contributed by atoms with Crippen LogP contribution in [0.15, 0.2) is 91.3 Å². The normalized spacial score (nSPS) is 18.1. The third kappa shape index (κ3) is 4.48. The number of hydrogen-bond donors (Lipinski definition) is 1. The molecule has 1 N–H and O–H groups in total. The summed E-state index contributed by atoms with van der Waals surface area (Å²) in [6, 6.07) is 22.4. The van der Waals surface area contributed by atoms with Crippen molar-refractivity contribution in [3.8, 4) is 5.69 Å². The van der Waals surface area contributed by atoms with E-state index in [4.69, 9.17) is 12.2 Å². The van der Waals surface area contributed by atoms with Crippen molar-refractivity contribution in [1.29, 1.82) is 0 Å². The minimum Gasteiger partial charge on any atom is -0.351 e. The molecular formula is C28H25F3N4S. The van der Waals surface area contributed by atoms with Gasteiger partial charge in [0.2, 0.25) is 0 Å². The molecular weight excluding hydrogens is 481 g/mol. The summed E-state index contributed by atoms with van der Waals surface area (Å²) in [4.78, 5) is 6.59. The zero-order chi connectivity index (χ0) is 25.4. The number of rotatable bonds is 5. The van der Waals surface area contributed by atoms with Gasteiger partial charge >= 0.3 is 6.18 Å². The van der Waals surface area contributed by atoms with Crippen LogP contribution < -0.4 is 10.2 Å². The third-order valence-electron chi connectivity index (χ3n) is 6.47. The number of pyridine rings is 1. The lowest BCUT2D eigenvalue weighted by atomic mass is 9.99. The Morgan fingerprint density at radius 3 is 2.36 bits per heavy atom. The van der Waals surface area contributed by atoms with Gasteiger partial charge in [-0.3, -0.25) is 4.98 Å². The van der Waals surface area contributed by atoms with Gasteiger partial charge in [0.1, 0.15) is 6.04 Å². The second kappa shape index (κ2) is 9.43. The first-order valence-electron chi connectivity index (χ1n) is 11.7. The Kier molecular flexibility index (Phi) is 6.30. The molecule has 4 nitrogen and oxygen atoms in total. The Bertz CT molecular complexity index is 1360. The molecule has 5 rings (SSSR count). The zero-order valence-electron chi connectivity index (χ0n) is 19.8. The highest BCUT2D eigenvalue weighted by atomic mass is 32.1. The minimum atomic E-state index is -4.43. The zero-order valence-corrected chi connectivity index (χ0v) is 20.6. The lowest BCUT2D eigenvalue weighted by Crippen LogP contribution is -2.30. The van der Waals surface area contributed by atoms with Crippen LogP contribution in [0.5, 0.6) is 0 Å². The summed E-state index contributed by atoms with van der Waals surface area (Å²) in [5.74, 6) is 0.387. The van der Waals surface area contributed by atoms with E-state index in [0.29, 0.717) is 16.7 Å². The van der Waals surface area contributed by atoms with Crippen LogP contribution in [0.1, 0.15) is 54.4 Å². The molecule has 0 unspecified atom stereocenters. The van der Waals surface area contributed by atoms with E-state index in [-0.39, 0.29) is 12.1 Å². The van der Waals surface area contributed by atoms with Crippen molar-refractivity contribution < 1.29 is 13.2 Å². The molecule has 36 heavy (non-hydrogen) atoms. The summed E-state index contributed by atoms with van der Waals surface area (Å²) in [6.07, 6.45) is -0.925. The third-order valence-corrected chi connectivity index (χ3v) is 6.79. The predicted octanol–water partition coefficient (Wildman–Crippen LogP) is 7.19. The first-order valence-corrected chi connectivity index (χ1v) is 12.1. The van der Waals surface area contributed by atoms with Crippen molar-refractivity contribution in [2.24, 2.45) is 0 Å². The molecule has 0 aliphatic carbocycles. The van der Waals surface area contributed by atoms with Gasteiger partial charge < -0.3 is 14.8 Å². The second-order valence-corrected chi connectivity index (χ2v) is 9.48. The van der Waals surface area contributed by atoms with Gasteiger partial charge in [-0.2, -0.15) is 13.2 Å². The number of nitrogens with zero attached hydrogens (tertiary/aromatic N) is 3. The smallest absolute Gasteiger partial charge is 0.351 e. The molecule has 1 fully saturated rings. The maximum absolute atomic E-state index is 13.5. The fourth-order valence-electron chi connectivity index (χ4n) is 4.66. The van der Waals surface area contributed by atoms with Gasteiger partial charge in [0.25, 0.3) is 0 Å². The van der Waals surface area contributed by atoms with Crippen molar-refractivity contribution >= 4 is 23.0 Å². The van der Waals surface area contributed by atoms with Gasteiger partial charge in [-0.05, 0) is 78.3 Å². The first kappa shape index (κ1) is 24.1. The minimum absolute atomic E-state index is 0.303. The van der Waals surface area contributed by atoms with Gasteiger partial charge in [0, 0.05) is 29.5 Å². The van der Waals surface area contributed by atoms with E-state index in [1.807, 2.05) is 47.4 Å². The molecule has 184 valence electrons. The summed E-state index contributed by atoms with van der Waals surface area (Å²) < 4.78 is 42.2. The van der Waals surface area contributed by atoms with Crippen molar-refractivity contribution in [3.63, 3.8) is 0 Å². The van der Waals surface area contributed by atoms with E-state index in [2.05, 4.69) is 36.3 Å². The molecule has 4 aromatic rings. The lowest BCUT2D eigenvalue weighted by molar-refractivity contribution is -0.137. The number of aromatic nitrogens is 2. The van der Waals surface area contributed by atoms with Crippen molar-refractivity contribution in [2.45, 2.75) is 38.0 Å². The van der Waals surface area contributed by atoms with Gasteiger partial charge in [-0.1, -0.05) is 38.1 Å². The standard InChI is InChI=1S/C28H25F3N4S/c1-18(2)19-11-13-21(14-12-19)35-26(25(33-27(35)36)23-9-3-4-15-32-23)24-10-6-16-34(24)22-8-5-7-20(17-22)28(29,30)31/h3-18,25-26H,1-2H3,(H,33,36)/t25-,26+/m0/s1. The molecule has 1 aliphatic heterocycles. The van der Waals surface area contributed by atoms with Crippen LogP contribution in [0.3, 0.4) is 0 Å². The molecule has 2 atom stereocenters. The number of benzene rings is 2. The molecule has 0 bridgehead atoms. The quantitative estimate of drug-likeness (QED) is 0.291. The highest BCUT2D eigenvalue weighted by molar-refractivity contribution is 7.80. The highest BCUT2D eigenvalue weighted by Crippen LogP contribution is 2.42. The second-order valence-electron chi connectivity index (χ2n) is 9.09. The lowest BCUT2D eigenvalue weighted by Gasteiger charge is -2.29. The first-order chi connectivity index (χ1) is 17.2. The van der Waals surface area contributed by atoms with Gasteiger partial charge in [-0.15, -0.1) is 0 Å². The molecule has 2 aromatic carbocycles. The molecule has 0 saturated carbocycles. The Hall–Kier alpha value is -3.65. The van der Waals surface area contributed by atoms with Crippen molar-refractivity contribution in [2.75, 3.05) is 4.90 Å². The Morgan fingerprint density at radius 2 is 1.69 bits per heavy atom. The number of thiocarbonyl (C=S) groups is 1. The average Bonchev–Trinajstić information content (AvgIpc) is 3.48. The Morgan fingerprint density at radius 1 is 0.917 bits per heavy atom. The van der Waals surface area contributed by atoms with Gasteiger partial charge in [0.05, 0.1) is 17.3 Å². The summed E-state index contributed by atoms with van der Waals surface area (Å²) >= 11 is 5.79. The predicted molar refractivity (Wildman–Crippen MR) is 139 cm³/mol. The van der Waals surface area contributed by atoms with Crippen LogP contribution in [0.25, 0.3) is 5.69 Å². The van der Waals surface area contributed by atoms with Crippen molar-refractivity contribution in [1.82, 2.24) is 14.9 Å². The largest absolute Gasteiger partial charge is 0.416 e. The van der Waals surface area contributed by atoms with Crippen LogP contribution in [0.4, 0.5) is 18.9 Å². The van der Waals surface area contributed by atoms with E-state index in [9.17, 15) is 13.2 Å². The molecule has 1 saturated heterocycles. The summed E-state index contributed by atoms with van der Waals surface area (Å²) in [5.41, 5.74) is 3.44. The molecule has 8 heteroatoms. The molecule has 0 amide bonds. The Balaban J connectivity index is 1.64. The van der Waals surface area contributed by atoms with E-state index in [1.54, 1.807) is 23.0 Å². The monoisotopic (exact) mass is 506 g/mol. The molecule has 3 heterocycles. The summed E-state index contributed by atoms with van der Waals surface area (Å²) in [5, 5.41) is 3.94.